The van der Waals surface area contributed by atoms with Crippen molar-refractivity contribution in [2.75, 3.05) is 19.5 Å². The molecular formula is C12H11ClN4O3. The quantitative estimate of drug-likeness (QED) is 0.865. The SMILES string of the molecule is COc1cc(OC)nc(NC(=O)c2cccnc2Cl)n1. The Balaban J connectivity index is 2.26. The van der Waals surface area contributed by atoms with Crippen molar-refractivity contribution in [2.24, 2.45) is 0 Å². The zero-order valence-electron chi connectivity index (χ0n) is 10.8. The standard InChI is InChI=1S/C12H11ClN4O3/c1-19-8-6-9(20-2)16-12(15-8)17-11(18)7-4-3-5-14-10(7)13/h3-6H,1-2H3,(H,15,16,17,18). The second-order valence-corrected chi connectivity index (χ2v) is 3.93. The van der Waals surface area contributed by atoms with Crippen molar-refractivity contribution >= 4 is 23.5 Å². The van der Waals surface area contributed by atoms with Crippen molar-refractivity contribution in [1.29, 1.82) is 0 Å². The number of methoxy groups -OCH3 is 2. The van der Waals surface area contributed by atoms with Gasteiger partial charge in [0.15, 0.2) is 0 Å². The summed E-state index contributed by atoms with van der Waals surface area (Å²) in [6.45, 7) is 0. The number of carbonyl (C=O) groups excluding carboxylic acids is 1. The van der Waals surface area contributed by atoms with Crippen LogP contribution in [0.3, 0.4) is 0 Å². The number of nitrogens with zero attached hydrogens (tertiary/aromatic N) is 3. The highest BCUT2D eigenvalue weighted by Gasteiger charge is 2.13. The number of carbonyl (C=O) groups is 1. The largest absolute Gasteiger partial charge is 0.481 e. The third-order valence-electron chi connectivity index (χ3n) is 2.33. The molecule has 2 rings (SSSR count). The molecule has 0 saturated carbocycles. The van der Waals surface area contributed by atoms with Crippen LogP contribution in [0.4, 0.5) is 5.95 Å². The maximum atomic E-state index is 12.0. The molecule has 20 heavy (non-hydrogen) atoms. The number of nitrogens with one attached hydrogen (secondary N) is 1. The lowest BCUT2D eigenvalue weighted by Gasteiger charge is -2.08. The molecule has 0 unspecified atom stereocenters. The van der Waals surface area contributed by atoms with Crippen molar-refractivity contribution in [2.45, 2.75) is 0 Å². The van der Waals surface area contributed by atoms with Crippen LogP contribution in [0.25, 0.3) is 0 Å². The van der Waals surface area contributed by atoms with Gasteiger partial charge in [0.1, 0.15) is 5.15 Å². The van der Waals surface area contributed by atoms with E-state index in [4.69, 9.17) is 21.1 Å². The molecule has 0 radical (unpaired) electrons. The number of amides is 1. The first-order chi connectivity index (χ1) is 9.63. The summed E-state index contributed by atoms with van der Waals surface area (Å²) in [4.78, 5) is 23.8. The smallest absolute Gasteiger partial charge is 0.261 e. The van der Waals surface area contributed by atoms with Gasteiger partial charge >= 0.3 is 0 Å². The molecule has 2 heterocycles. The summed E-state index contributed by atoms with van der Waals surface area (Å²) < 4.78 is 9.98. The van der Waals surface area contributed by atoms with Crippen LogP contribution >= 0.6 is 11.6 Å². The summed E-state index contributed by atoms with van der Waals surface area (Å²) in [6, 6.07) is 4.64. The maximum Gasteiger partial charge on any atom is 0.261 e. The summed E-state index contributed by atoms with van der Waals surface area (Å²) >= 11 is 5.84. The number of hydrogen-bond donors (Lipinski definition) is 1. The summed E-state index contributed by atoms with van der Waals surface area (Å²) in [5.74, 6) is 0.110. The minimum atomic E-state index is -0.474. The number of hydrogen-bond acceptors (Lipinski definition) is 6. The fraction of sp³-hybridized carbons (Fsp3) is 0.167. The van der Waals surface area contributed by atoms with Gasteiger partial charge in [-0.05, 0) is 12.1 Å². The van der Waals surface area contributed by atoms with Gasteiger partial charge in [0.05, 0.1) is 25.8 Å². The van der Waals surface area contributed by atoms with E-state index in [1.807, 2.05) is 0 Å². The molecule has 7 nitrogen and oxygen atoms in total. The highest BCUT2D eigenvalue weighted by Crippen LogP contribution is 2.18. The van der Waals surface area contributed by atoms with Gasteiger partial charge in [0.25, 0.3) is 5.91 Å². The molecule has 0 aliphatic heterocycles. The van der Waals surface area contributed by atoms with Crippen molar-refractivity contribution in [3.8, 4) is 11.8 Å². The van der Waals surface area contributed by atoms with Crippen LogP contribution in [0.5, 0.6) is 11.8 Å². The second-order valence-electron chi connectivity index (χ2n) is 3.57. The number of rotatable bonds is 4. The molecule has 0 spiro atoms. The molecule has 0 aromatic carbocycles. The fourth-order valence-electron chi connectivity index (χ4n) is 1.39. The van der Waals surface area contributed by atoms with Crippen LogP contribution < -0.4 is 14.8 Å². The molecule has 8 heteroatoms. The van der Waals surface area contributed by atoms with Crippen molar-refractivity contribution in [3.05, 3.63) is 35.1 Å². The Labute approximate surface area is 119 Å². The van der Waals surface area contributed by atoms with Crippen molar-refractivity contribution in [3.63, 3.8) is 0 Å². The van der Waals surface area contributed by atoms with Gasteiger partial charge in [0, 0.05) is 6.20 Å². The highest BCUT2D eigenvalue weighted by atomic mass is 35.5. The molecule has 0 bridgehead atoms. The molecule has 1 N–H and O–H groups in total. The number of ether oxygens (including phenoxy) is 2. The van der Waals surface area contributed by atoms with E-state index >= 15 is 0 Å². The van der Waals surface area contributed by atoms with E-state index in [1.54, 1.807) is 12.1 Å². The Morgan fingerprint density at radius 3 is 2.45 bits per heavy atom. The lowest BCUT2D eigenvalue weighted by Crippen LogP contribution is -2.15. The summed E-state index contributed by atoms with van der Waals surface area (Å²) in [6.07, 6.45) is 1.49. The third-order valence-corrected chi connectivity index (χ3v) is 2.63. The lowest BCUT2D eigenvalue weighted by molar-refractivity contribution is 0.102. The predicted molar refractivity (Wildman–Crippen MR) is 72.3 cm³/mol. The van der Waals surface area contributed by atoms with Gasteiger partial charge in [-0.3, -0.25) is 10.1 Å². The molecule has 0 saturated heterocycles. The zero-order valence-corrected chi connectivity index (χ0v) is 11.5. The highest BCUT2D eigenvalue weighted by molar-refractivity contribution is 6.33. The number of pyridine rings is 1. The maximum absolute atomic E-state index is 12.0. The van der Waals surface area contributed by atoms with Crippen LogP contribution in [0.1, 0.15) is 10.4 Å². The zero-order chi connectivity index (χ0) is 14.5. The van der Waals surface area contributed by atoms with Crippen LogP contribution in [-0.2, 0) is 0 Å². The fourth-order valence-corrected chi connectivity index (χ4v) is 1.60. The Morgan fingerprint density at radius 2 is 1.90 bits per heavy atom. The molecule has 2 aromatic rings. The van der Waals surface area contributed by atoms with Crippen molar-refractivity contribution < 1.29 is 14.3 Å². The van der Waals surface area contributed by atoms with Crippen LogP contribution in [0, 0.1) is 0 Å². The first-order valence-electron chi connectivity index (χ1n) is 5.53. The van der Waals surface area contributed by atoms with Crippen LogP contribution in [0.15, 0.2) is 24.4 Å². The van der Waals surface area contributed by atoms with E-state index in [9.17, 15) is 4.79 Å². The van der Waals surface area contributed by atoms with Gasteiger partial charge in [-0.25, -0.2) is 4.98 Å². The van der Waals surface area contributed by atoms with Gasteiger partial charge in [0.2, 0.25) is 17.7 Å². The molecule has 1 amide bonds. The Hall–Kier alpha value is -2.41. The number of aromatic nitrogens is 3. The van der Waals surface area contributed by atoms with E-state index in [1.165, 1.54) is 26.5 Å². The van der Waals surface area contributed by atoms with E-state index < -0.39 is 5.91 Å². The lowest BCUT2D eigenvalue weighted by atomic mass is 10.3. The van der Waals surface area contributed by atoms with Crippen LogP contribution in [0.2, 0.25) is 5.15 Å². The van der Waals surface area contributed by atoms with Gasteiger partial charge in [-0.15, -0.1) is 0 Å². The summed E-state index contributed by atoms with van der Waals surface area (Å²) in [5, 5.41) is 2.60. The topological polar surface area (TPSA) is 86.2 Å². The first kappa shape index (κ1) is 14.0. The Morgan fingerprint density at radius 1 is 1.25 bits per heavy atom. The molecule has 104 valence electrons. The summed E-state index contributed by atoms with van der Waals surface area (Å²) in [5.41, 5.74) is 0.222. The van der Waals surface area contributed by atoms with E-state index in [-0.39, 0.29) is 28.4 Å². The van der Waals surface area contributed by atoms with E-state index in [0.29, 0.717) is 0 Å². The average Bonchev–Trinajstić information content (AvgIpc) is 2.47. The second kappa shape index (κ2) is 6.16. The van der Waals surface area contributed by atoms with Crippen LogP contribution in [-0.4, -0.2) is 35.1 Å². The average molecular weight is 295 g/mol. The minimum absolute atomic E-state index is 0.0473. The molecule has 0 aliphatic carbocycles. The number of halogens is 1. The van der Waals surface area contributed by atoms with E-state index in [0.717, 1.165) is 0 Å². The normalized spacial score (nSPS) is 9.95. The molecular weight excluding hydrogens is 284 g/mol. The van der Waals surface area contributed by atoms with E-state index in [2.05, 4.69) is 20.3 Å². The third kappa shape index (κ3) is 3.12. The minimum Gasteiger partial charge on any atom is -0.481 e. The Bertz CT molecular complexity index is 614. The first-order valence-corrected chi connectivity index (χ1v) is 5.90. The molecule has 2 aromatic heterocycles. The Kier molecular flexibility index (Phi) is 4.31. The molecule has 0 atom stereocenters. The monoisotopic (exact) mass is 294 g/mol. The van der Waals surface area contributed by atoms with Gasteiger partial charge in [-0.2, -0.15) is 9.97 Å². The number of anilines is 1. The summed E-state index contributed by atoms with van der Waals surface area (Å²) in [7, 11) is 2.90. The van der Waals surface area contributed by atoms with Gasteiger partial charge in [-0.1, -0.05) is 11.6 Å². The molecule has 0 fully saturated rings. The molecule has 0 aliphatic rings. The van der Waals surface area contributed by atoms with Crippen molar-refractivity contribution in [1.82, 2.24) is 15.0 Å². The predicted octanol–water partition coefficient (Wildman–Crippen LogP) is 1.79. The van der Waals surface area contributed by atoms with Gasteiger partial charge < -0.3 is 9.47 Å².